The van der Waals surface area contributed by atoms with E-state index < -0.39 is 23.5 Å². The van der Waals surface area contributed by atoms with E-state index in [1.54, 1.807) is 0 Å². The number of aliphatic hydroxyl groups is 1. The molecule has 0 spiro atoms. The topological polar surface area (TPSA) is 61.4 Å². The average Bonchev–Trinajstić information content (AvgIpc) is 2.44. The van der Waals surface area contributed by atoms with E-state index >= 15 is 0 Å². The number of benzene rings is 1. The van der Waals surface area contributed by atoms with Gasteiger partial charge in [0.1, 0.15) is 0 Å². The van der Waals surface area contributed by atoms with Crippen LogP contribution in [0.25, 0.3) is 0 Å². The molecule has 0 saturated carbocycles. The molecule has 0 aliphatic carbocycles. The van der Waals surface area contributed by atoms with Gasteiger partial charge in [0.2, 0.25) is 0 Å². The van der Waals surface area contributed by atoms with Crippen LogP contribution in [0.2, 0.25) is 0 Å². The fourth-order valence-corrected chi connectivity index (χ4v) is 2.00. The van der Waals surface area contributed by atoms with Crippen molar-refractivity contribution in [2.45, 2.75) is 32.7 Å². The SMILES string of the molecule is CC(C)C(CCO)NC(=O)NCCc1cc(F)c(F)c(F)c1. The summed E-state index contributed by atoms with van der Waals surface area (Å²) in [6.07, 6.45) is 0.618. The molecule has 1 atom stereocenters. The molecule has 1 aromatic carbocycles. The maximum atomic E-state index is 13.0. The molecule has 0 fully saturated rings. The number of hydrogen-bond donors (Lipinski definition) is 3. The minimum absolute atomic E-state index is 0.0305. The summed E-state index contributed by atoms with van der Waals surface area (Å²) in [6.45, 7) is 3.97. The van der Waals surface area contributed by atoms with E-state index in [-0.39, 0.29) is 37.1 Å². The van der Waals surface area contributed by atoms with Crippen molar-refractivity contribution in [3.05, 3.63) is 35.1 Å². The number of halogens is 3. The minimum atomic E-state index is -1.50. The highest BCUT2D eigenvalue weighted by molar-refractivity contribution is 5.74. The molecule has 1 rings (SSSR count). The first-order chi connectivity index (χ1) is 10.3. The van der Waals surface area contributed by atoms with Crippen molar-refractivity contribution in [1.29, 1.82) is 0 Å². The summed E-state index contributed by atoms with van der Waals surface area (Å²) in [4.78, 5) is 11.7. The van der Waals surface area contributed by atoms with Gasteiger partial charge in [0.15, 0.2) is 17.5 Å². The zero-order valence-electron chi connectivity index (χ0n) is 12.6. The molecule has 0 saturated heterocycles. The van der Waals surface area contributed by atoms with E-state index in [2.05, 4.69) is 10.6 Å². The number of nitrogens with one attached hydrogen (secondary N) is 2. The Morgan fingerprint density at radius 3 is 2.32 bits per heavy atom. The third-order valence-corrected chi connectivity index (χ3v) is 3.30. The largest absolute Gasteiger partial charge is 0.396 e. The second kappa shape index (κ2) is 8.63. The number of aliphatic hydroxyl groups excluding tert-OH is 1. The third kappa shape index (κ3) is 5.55. The second-order valence-electron chi connectivity index (χ2n) is 5.39. The van der Waals surface area contributed by atoms with Crippen molar-refractivity contribution < 1.29 is 23.1 Å². The lowest BCUT2D eigenvalue weighted by Gasteiger charge is -2.21. The summed E-state index contributed by atoms with van der Waals surface area (Å²) in [6, 6.07) is 1.22. The van der Waals surface area contributed by atoms with E-state index in [1.807, 2.05) is 13.8 Å². The van der Waals surface area contributed by atoms with Gasteiger partial charge in [-0.1, -0.05) is 13.8 Å². The Hall–Kier alpha value is -1.76. The van der Waals surface area contributed by atoms with Gasteiger partial charge < -0.3 is 15.7 Å². The van der Waals surface area contributed by atoms with Crippen molar-refractivity contribution in [2.75, 3.05) is 13.2 Å². The predicted molar refractivity (Wildman–Crippen MR) is 76.9 cm³/mol. The van der Waals surface area contributed by atoms with Crippen molar-refractivity contribution in [2.24, 2.45) is 5.92 Å². The van der Waals surface area contributed by atoms with Crippen LogP contribution in [0.4, 0.5) is 18.0 Å². The molecule has 2 amide bonds. The Balaban J connectivity index is 2.45. The van der Waals surface area contributed by atoms with Crippen molar-refractivity contribution >= 4 is 6.03 Å². The summed E-state index contributed by atoms with van der Waals surface area (Å²) >= 11 is 0. The smallest absolute Gasteiger partial charge is 0.315 e. The quantitative estimate of drug-likeness (QED) is 0.676. The fourth-order valence-electron chi connectivity index (χ4n) is 2.00. The summed E-state index contributed by atoms with van der Waals surface area (Å²) in [5.74, 6) is -3.83. The molecule has 0 bridgehead atoms. The van der Waals surface area contributed by atoms with Crippen LogP contribution in [0.15, 0.2) is 12.1 Å². The van der Waals surface area contributed by atoms with Gasteiger partial charge in [-0.25, -0.2) is 18.0 Å². The van der Waals surface area contributed by atoms with E-state index in [1.165, 1.54) is 0 Å². The normalized spacial score (nSPS) is 12.3. The first-order valence-corrected chi connectivity index (χ1v) is 7.13. The van der Waals surface area contributed by atoms with Crippen LogP contribution < -0.4 is 10.6 Å². The Morgan fingerprint density at radius 2 is 1.82 bits per heavy atom. The Morgan fingerprint density at radius 1 is 1.23 bits per heavy atom. The molecule has 7 heteroatoms. The average molecular weight is 318 g/mol. The summed E-state index contributed by atoms with van der Waals surface area (Å²) < 4.78 is 38.9. The molecule has 22 heavy (non-hydrogen) atoms. The molecule has 0 radical (unpaired) electrons. The monoisotopic (exact) mass is 318 g/mol. The number of carbonyl (C=O) groups excluding carboxylic acids is 1. The molecule has 3 N–H and O–H groups in total. The molecule has 4 nitrogen and oxygen atoms in total. The highest BCUT2D eigenvalue weighted by atomic mass is 19.2. The lowest BCUT2D eigenvalue weighted by molar-refractivity contribution is 0.219. The van der Waals surface area contributed by atoms with Gasteiger partial charge in [-0.05, 0) is 36.5 Å². The molecule has 1 aromatic rings. The molecule has 1 unspecified atom stereocenters. The summed E-state index contributed by atoms with van der Waals surface area (Å²) in [7, 11) is 0. The highest BCUT2D eigenvalue weighted by Gasteiger charge is 2.15. The molecular weight excluding hydrogens is 297 g/mol. The minimum Gasteiger partial charge on any atom is -0.396 e. The summed E-state index contributed by atoms with van der Waals surface area (Å²) in [5, 5.41) is 14.2. The Kier molecular flexibility index (Phi) is 7.17. The molecule has 0 aromatic heterocycles. The number of hydrogen-bond acceptors (Lipinski definition) is 2. The van der Waals surface area contributed by atoms with Gasteiger partial charge in [0.05, 0.1) is 0 Å². The van der Waals surface area contributed by atoms with E-state index in [9.17, 15) is 18.0 Å². The highest BCUT2D eigenvalue weighted by Crippen LogP contribution is 2.13. The van der Waals surface area contributed by atoms with Crippen LogP contribution in [0.1, 0.15) is 25.8 Å². The Bertz CT molecular complexity index is 487. The lowest BCUT2D eigenvalue weighted by atomic mass is 10.0. The maximum absolute atomic E-state index is 13.0. The van der Waals surface area contributed by atoms with Crippen LogP contribution >= 0.6 is 0 Å². The zero-order chi connectivity index (χ0) is 16.7. The number of urea groups is 1. The van der Waals surface area contributed by atoms with Gasteiger partial charge in [-0.3, -0.25) is 0 Å². The van der Waals surface area contributed by atoms with Gasteiger partial charge in [-0.2, -0.15) is 0 Å². The Labute approximate surface area is 127 Å². The van der Waals surface area contributed by atoms with Crippen LogP contribution in [0, 0.1) is 23.4 Å². The fraction of sp³-hybridized carbons (Fsp3) is 0.533. The van der Waals surface area contributed by atoms with Crippen molar-refractivity contribution in [3.63, 3.8) is 0 Å². The molecule has 0 aliphatic rings. The molecule has 0 heterocycles. The number of carbonyl (C=O) groups is 1. The maximum Gasteiger partial charge on any atom is 0.315 e. The van der Waals surface area contributed by atoms with Crippen molar-refractivity contribution in [1.82, 2.24) is 10.6 Å². The third-order valence-electron chi connectivity index (χ3n) is 3.30. The van der Waals surface area contributed by atoms with E-state index in [4.69, 9.17) is 5.11 Å². The molecule has 0 aliphatic heterocycles. The zero-order valence-corrected chi connectivity index (χ0v) is 12.6. The molecule has 124 valence electrons. The first-order valence-electron chi connectivity index (χ1n) is 7.13. The number of amides is 2. The van der Waals surface area contributed by atoms with Crippen LogP contribution in [-0.2, 0) is 6.42 Å². The van der Waals surface area contributed by atoms with Crippen LogP contribution in [-0.4, -0.2) is 30.3 Å². The van der Waals surface area contributed by atoms with Gasteiger partial charge in [0, 0.05) is 19.2 Å². The van der Waals surface area contributed by atoms with Crippen LogP contribution in [0.5, 0.6) is 0 Å². The standard InChI is InChI=1S/C15H21F3N2O2/c1-9(2)13(4-6-21)20-15(22)19-5-3-10-7-11(16)14(18)12(17)8-10/h7-9,13,21H,3-6H2,1-2H3,(H2,19,20,22). The van der Waals surface area contributed by atoms with Gasteiger partial charge >= 0.3 is 6.03 Å². The predicted octanol–water partition coefficient (Wildman–Crippen LogP) is 2.35. The van der Waals surface area contributed by atoms with E-state index in [0.717, 1.165) is 12.1 Å². The second-order valence-corrected chi connectivity index (χ2v) is 5.39. The van der Waals surface area contributed by atoms with Crippen molar-refractivity contribution in [3.8, 4) is 0 Å². The van der Waals surface area contributed by atoms with Gasteiger partial charge in [0.25, 0.3) is 0 Å². The summed E-state index contributed by atoms with van der Waals surface area (Å²) in [5.41, 5.74) is 0.257. The van der Waals surface area contributed by atoms with E-state index in [0.29, 0.717) is 6.42 Å². The van der Waals surface area contributed by atoms with Gasteiger partial charge in [-0.15, -0.1) is 0 Å². The molecular formula is C15H21F3N2O2. The number of rotatable bonds is 7. The van der Waals surface area contributed by atoms with Crippen LogP contribution in [0.3, 0.4) is 0 Å². The first kappa shape index (κ1) is 18.3. The lowest BCUT2D eigenvalue weighted by Crippen LogP contribution is -2.45.